The lowest BCUT2D eigenvalue weighted by molar-refractivity contribution is -0.116. The summed E-state index contributed by atoms with van der Waals surface area (Å²) < 4.78 is 6.36. The molecule has 3 aromatic carbocycles. The molecule has 0 spiro atoms. The molecule has 32 heavy (non-hydrogen) atoms. The van der Waals surface area contributed by atoms with Gasteiger partial charge >= 0.3 is 0 Å². The van der Waals surface area contributed by atoms with Crippen LogP contribution in [0.2, 0.25) is 0 Å². The van der Waals surface area contributed by atoms with Crippen LogP contribution in [0.4, 0.5) is 0 Å². The Kier molecular flexibility index (Phi) is 5.66. The maximum Gasteiger partial charge on any atom is 0.173 e. The number of allylic oxidation sites excluding steroid dienone is 1. The van der Waals surface area contributed by atoms with Crippen molar-refractivity contribution in [3.8, 4) is 5.75 Å². The summed E-state index contributed by atoms with van der Waals surface area (Å²) in [5.74, 6) is 0.981. The summed E-state index contributed by atoms with van der Waals surface area (Å²) in [5.41, 5.74) is 4.00. The molecule has 1 heterocycles. The second kappa shape index (κ2) is 8.75. The second-order valence-electron chi connectivity index (χ2n) is 8.24. The number of nitrogens with one attached hydrogen (secondary N) is 1. The fourth-order valence-corrected chi connectivity index (χ4v) is 5.19. The summed E-state index contributed by atoms with van der Waals surface area (Å²) >= 11 is 5.75. The van der Waals surface area contributed by atoms with Crippen LogP contribution in [0.3, 0.4) is 0 Å². The predicted molar refractivity (Wildman–Crippen MR) is 131 cm³/mol. The van der Waals surface area contributed by atoms with E-state index in [0.29, 0.717) is 18.1 Å². The summed E-state index contributed by atoms with van der Waals surface area (Å²) in [4.78, 5) is 15.3. The molecule has 4 nitrogen and oxygen atoms in total. The number of hydrogen-bond donors (Lipinski definition) is 1. The van der Waals surface area contributed by atoms with Crippen LogP contribution in [0.1, 0.15) is 43.4 Å². The van der Waals surface area contributed by atoms with Crippen LogP contribution in [0.15, 0.2) is 78.0 Å². The van der Waals surface area contributed by atoms with Gasteiger partial charge < -0.3 is 15.0 Å². The Hall–Kier alpha value is -3.18. The highest BCUT2D eigenvalue weighted by atomic mass is 32.1. The maximum absolute atomic E-state index is 13.2. The summed E-state index contributed by atoms with van der Waals surface area (Å²) in [7, 11) is 0. The smallest absolute Gasteiger partial charge is 0.173 e. The summed E-state index contributed by atoms with van der Waals surface area (Å²) in [6.07, 6.45) is 2.32. The molecule has 1 N–H and O–H groups in total. The molecule has 1 aliphatic heterocycles. The van der Waals surface area contributed by atoms with Crippen molar-refractivity contribution in [2.75, 3.05) is 6.54 Å². The van der Waals surface area contributed by atoms with Crippen molar-refractivity contribution < 1.29 is 9.53 Å². The molecule has 5 heteroatoms. The molecule has 0 saturated carbocycles. The van der Waals surface area contributed by atoms with Gasteiger partial charge in [0.2, 0.25) is 0 Å². The number of ketones is 1. The van der Waals surface area contributed by atoms with E-state index in [4.69, 9.17) is 17.0 Å². The van der Waals surface area contributed by atoms with Crippen LogP contribution in [0.5, 0.6) is 5.75 Å². The predicted octanol–water partition coefficient (Wildman–Crippen LogP) is 5.68. The van der Waals surface area contributed by atoms with E-state index in [0.717, 1.165) is 58.3 Å². The lowest BCUT2D eigenvalue weighted by atomic mass is 9.83. The molecule has 5 rings (SSSR count). The number of carbonyl (C=O) groups excluding carboxylic acids is 1. The summed E-state index contributed by atoms with van der Waals surface area (Å²) in [6.45, 7) is 3.28. The SMILES string of the molecule is CCN1C(=S)NC(c2c(OCc3ccccc3)ccc3ccccc23)C2=C1CCCC2=O. The normalized spacial score (nSPS) is 18.5. The molecule has 0 amide bonds. The topological polar surface area (TPSA) is 41.6 Å². The quantitative estimate of drug-likeness (QED) is 0.515. The molecule has 0 bridgehead atoms. The molecule has 162 valence electrons. The number of fused-ring (bicyclic) bond motifs is 1. The molecular formula is C27H26N2O2S. The van der Waals surface area contributed by atoms with Gasteiger partial charge in [-0.15, -0.1) is 0 Å². The van der Waals surface area contributed by atoms with E-state index < -0.39 is 0 Å². The Balaban J connectivity index is 1.66. The number of carbonyl (C=O) groups is 1. The zero-order valence-electron chi connectivity index (χ0n) is 18.1. The Morgan fingerprint density at radius 1 is 1.03 bits per heavy atom. The minimum absolute atomic E-state index is 0.201. The third-order valence-corrected chi connectivity index (χ3v) is 6.67. The number of nitrogens with zero attached hydrogens (tertiary/aromatic N) is 1. The zero-order chi connectivity index (χ0) is 22.1. The fourth-order valence-electron chi connectivity index (χ4n) is 4.84. The van der Waals surface area contributed by atoms with Crippen molar-refractivity contribution in [2.45, 2.75) is 38.8 Å². The number of rotatable bonds is 5. The molecule has 0 radical (unpaired) electrons. The Morgan fingerprint density at radius 2 is 1.81 bits per heavy atom. The van der Waals surface area contributed by atoms with Gasteiger partial charge in [-0.25, -0.2) is 0 Å². The van der Waals surface area contributed by atoms with Crippen LogP contribution >= 0.6 is 12.2 Å². The average Bonchev–Trinajstić information content (AvgIpc) is 2.82. The lowest BCUT2D eigenvalue weighted by Crippen LogP contribution is -2.49. The van der Waals surface area contributed by atoms with Crippen molar-refractivity contribution in [3.05, 3.63) is 89.1 Å². The maximum atomic E-state index is 13.2. The van der Waals surface area contributed by atoms with Crippen molar-refractivity contribution in [2.24, 2.45) is 0 Å². The van der Waals surface area contributed by atoms with E-state index in [1.807, 2.05) is 36.4 Å². The van der Waals surface area contributed by atoms with E-state index in [1.54, 1.807) is 0 Å². The number of thiocarbonyl (C=S) groups is 1. The minimum atomic E-state index is -0.315. The highest BCUT2D eigenvalue weighted by Gasteiger charge is 2.38. The van der Waals surface area contributed by atoms with Crippen LogP contribution in [-0.2, 0) is 11.4 Å². The van der Waals surface area contributed by atoms with Gasteiger partial charge in [0.15, 0.2) is 10.9 Å². The first-order valence-corrected chi connectivity index (χ1v) is 11.6. The Labute approximate surface area is 193 Å². The van der Waals surface area contributed by atoms with Crippen molar-refractivity contribution in [3.63, 3.8) is 0 Å². The minimum Gasteiger partial charge on any atom is -0.489 e. The van der Waals surface area contributed by atoms with E-state index in [2.05, 4.69) is 47.5 Å². The van der Waals surface area contributed by atoms with Crippen LogP contribution in [0.25, 0.3) is 10.8 Å². The third kappa shape index (κ3) is 3.67. The monoisotopic (exact) mass is 442 g/mol. The molecule has 3 aromatic rings. The van der Waals surface area contributed by atoms with E-state index >= 15 is 0 Å². The van der Waals surface area contributed by atoms with Gasteiger partial charge in [0.25, 0.3) is 0 Å². The van der Waals surface area contributed by atoms with E-state index in [9.17, 15) is 4.79 Å². The van der Waals surface area contributed by atoms with Crippen LogP contribution in [0, 0.1) is 0 Å². The van der Waals surface area contributed by atoms with Crippen molar-refractivity contribution >= 4 is 33.9 Å². The fraction of sp³-hybridized carbons (Fsp3) is 0.259. The lowest BCUT2D eigenvalue weighted by Gasteiger charge is -2.41. The molecule has 1 aliphatic carbocycles. The molecule has 2 aliphatic rings. The second-order valence-corrected chi connectivity index (χ2v) is 8.62. The van der Waals surface area contributed by atoms with Gasteiger partial charge in [-0.2, -0.15) is 0 Å². The van der Waals surface area contributed by atoms with Gasteiger partial charge in [0.1, 0.15) is 12.4 Å². The van der Waals surface area contributed by atoms with Gasteiger partial charge in [0, 0.05) is 29.8 Å². The van der Waals surface area contributed by atoms with Crippen molar-refractivity contribution in [1.29, 1.82) is 0 Å². The molecule has 0 saturated heterocycles. The molecular weight excluding hydrogens is 416 g/mol. The van der Waals surface area contributed by atoms with Gasteiger partial charge in [0.05, 0.1) is 6.04 Å². The first kappa shape index (κ1) is 20.7. The number of ether oxygens (including phenoxy) is 1. The average molecular weight is 443 g/mol. The van der Waals surface area contributed by atoms with Crippen molar-refractivity contribution in [1.82, 2.24) is 10.2 Å². The molecule has 1 atom stereocenters. The number of benzene rings is 3. The van der Waals surface area contributed by atoms with Gasteiger partial charge in [-0.1, -0.05) is 60.7 Å². The Morgan fingerprint density at radius 3 is 2.62 bits per heavy atom. The number of hydrogen-bond acceptors (Lipinski definition) is 3. The number of Topliss-reactive ketones (excluding diaryl/α,β-unsaturated/α-hetero) is 1. The largest absolute Gasteiger partial charge is 0.489 e. The van der Waals surface area contributed by atoms with Gasteiger partial charge in [-0.05, 0) is 54.4 Å². The summed E-state index contributed by atoms with van der Waals surface area (Å²) in [6, 6.07) is 22.2. The first-order valence-electron chi connectivity index (χ1n) is 11.2. The molecule has 0 aromatic heterocycles. The molecule has 0 fully saturated rings. The Bertz CT molecular complexity index is 1220. The highest BCUT2D eigenvalue weighted by Crippen LogP contribution is 2.43. The van der Waals surface area contributed by atoms with Crippen LogP contribution < -0.4 is 10.1 Å². The van der Waals surface area contributed by atoms with E-state index in [-0.39, 0.29) is 11.8 Å². The van der Waals surface area contributed by atoms with Gasteiger partial charge in [-0.3, -0.25) is 4.79 Å². The third-order valence-electron chi connectivity index (χ3n) is 6.33. The highest BCUT2D eigenvalue weighted by molar-refractivity contribution is 7.80. The summed E-state index contributed by atoms with van der Waals surface area (Å²) in [5, 5.41) is 6.36. The first-order chi connectivity index (χ1) is 15.7. The van der Waals surface area contributed by atoms with Crippen LogP contribution in [-0.4, -0.2) is 22.3 Å². The standard InChI is InChI=1S/C27H26N2O2S/c1-2-29-21-13-8-14-22(30)25(21)26(28-27(29)32)24-20-12-7-6-11-19(20)15-16-23(24)31-17-18-9-4-3-5-10-18/h3-7,9-12,15-16,26H,2,8,13-14,17H2,1H3,(H,28,32). The molecule has 1 unspecified atom stereocenters. The zero-order valence-corrected chi connectivity index (χ0v) is 19.0. The van der Waals surface area contributed by atoms with E-state index in [1.165, 1.54) is 0 Å².